The molecule has 1 amide bonds. The highest BCUT2D eigenvalue weighted by molar-refractivity contribution is 6.04. The van der Waals surface area contributed by atoms with E-state index in [0.29, 0.717) is 11.4 Å². The molecular formula is C22H16F2N4O3. The number of benzene rings is 2. The average molecular weight is 422 g/mol. The topological polar surface area (TPSA) is 90.0 Å². The van der Waals surface area contributed by atoms with Gasteiger partial charge < -0.3 is 9.73 Å². The largest absolute Gasteiger partial charge is 0.437 e. The highest BCUT2D eigenvalue weighted by atomic mass is 19.1. The molecule has 2 aromatic carbocycles. The van der Waals surface area contributed by atoms with E-state index >= 15 is 0 Å². The minimum absolute atomic E-state index is 0.126. The van der Waals surface area contributed by atoms with Crippen LogP contribution in [0.5, 0.6) is 0 Å². The van der Waals surface area contributed by atoms with Crippen LogP contribution in [0, 0.1) is 18.6 Å². The van der Waals surface area contributed by atoms with Crippen LogP contribution in [0.1, 0.15) is 15.9 Å². The second-order valence-electron chi connectivity index (χ2n) is 6.81. The van der Waals surface area contributed by atoms with Gasteiger partial charge in [0.2, 0.25) is 0 Å². The Hall–Kier alpha value is -4.14. The van der Waals surface area contributed by atoms with E-state index < -0.39 is 28.9 Å². The highest BCUT2D eigenvalue weighted by Crippen LogP contribution is 2.27. The first-order valence-electron chi connectivity index (χ1n) is 9.20. The molecule has 4 aromatic rings. The van der Waals surface area contributed by atoms with Gasteiger partial charge >= 0.3 is 5.76 Å². The zero-order valence-electron chi connectivity index (χ0n) is 16.5. The summed E-state index contributed by atoms with van der Waals surface area (Å²) in [5.41, 5.74) is 2.67. The standard InChI is InChI=1S/C22H16F2N4O3/c1-12-10-18(21-27-28(2)22(30)31-21)25-11-15(12)13-6-8-14(9-7-13)26-20(29)19-16(23)4-3-5-17(19)24/h3-11H,1-2H3,(H,26,29). The van der Waals surface area contributed by atoms with Gasteiger partial charge in [-0.2, -0.15) is 4.68 Å². The zero-order valence-corrected chi connectivity index (χ0v) is 16.5. The molecule has 0 bridgehead atoms. The van der Waals surface area contributed by atoms with E-state index in [1.54, 1.807) is 36.5 Å². The number of hydrogen-bond acceptors (Lipinski definition) is 5. The molecule has 0 unspecified atom stereocenters. The van der Waals surface area contributed by atoms with Gasteiger partial charge in [-0.1, -0.05) is 18.2 Å². The summed E-state index contributed by atoms with van der Waals surface area (Å²) in [5.74, 6) is -3.19. The number of carbonyl (C=O) groups is 1. The molecule has 0 fully saturated rings. The molecule has 0 aliphatic rings. The van der Waals surface area contributed by atoms with Crippen molar-refractivity contribution in [3.8, 4) is 22.7 Å². The lowest BCUT2D eigenvalue weighted by atomic mass is 10.0. The summed E-state index contributed by atoms with van der Waals surface area (Å²) in [6, 6.07) is 11.7. The predicted molar refractivity (Wildman–Crippen MR) is 109 cm³/mol. The molecule has 2 heterocycles. The van der Waals surface area contributed by atoms with E-state index in [2.05, 4.69) is 15.4 Å². The Bertz CT molecular complexity index is 1320. The van der Waals surface area contributed by atoms with Crippen molar-refractivity contribution in [2.75, 3.05) is 5.32 Å². The van der Waals surface area contributed by atoms with Gasteiger partial charge in [-0.3, -0.25) is 9.78 Å². The van der Waals surface area contributed by atoms with Gasteiger partial charge in [0.1, 0.15) is 22.9 Å². The summed E-state index contributed by atoms with van der Waals surface area (Å²) in [6.45, 7) is 1.87. The molecule has 0 spiro atoms. The maximum atomic E-state index is 13.8. The molecule has 9 heteroatoms. The number of halogens is 2. The van der Waals surface area contributed by atoms with Crippen LogP contribution < -0.4 is 11.1 Å². The average Bonchev–Trinajstić information content (AvgIpc) is 3.07. The van der Waals surface area contributed by atoms with E-state index in [-0.39, 0.29) is 5.89 Å². The molecule has 0 aliphatic heterocycles. The summed E-state index contributed by atoms with van der Waals surface area (Å²) in [4.78, 5) is 28.0. The normalized spacial score (nSPS) is 10.8. The molecule has 0 radical (unpaired) electrons. The first-order valence-corrected chi connectivity index (χ1v) is 9.20. The van der Waals surface area contributed by atoms with Crippen LogP contribution in [0.2, 0.25) is 0 Å². The highest BCUT2D eigenvalue weighted by Gasteiger charge is 2.17. The first-order chi connectivity index (χ1) is 14.8. The van der Waals surface area contributed by atoms with Gasteiger partial charge in [0, 0.05) is 24.5 Å². The number of nitrogens with one attached hydrogen (secondary N) is 1. The molecule has 4 rings (SSSR count). The molecule has 31 heavy (non-hydrogen) atoms. The Morgan fingerprint density at radius 3 is 2.35 bits per heavy atom. The number of nitrogens with zero attached hydrogens (tertiary/aromatic N) is 3. The Labute approximate surface area is 175 Å². The van der Waals surface area contributed by atoms with Gasteiger partial charge in [-0.05, 0) is 48.4 Å². The molecule has 0 aliphatic carbocycles. The van der Waals surface area contributed by atoms with Crippen molar-refractivity contribution in [3.05, 3.63) is 88.0 Å². The second kappa shape index (κ2) is 7.94. The van der Waals surface area contributed by atoms with Crippen LogP contribution in [0.25, 0.3) is 22.7 Å². The third-order valence-corrected chi connectivity index (χ3v) is 4.66. The van der Waals surface area contributed by atoms with Crippen molar-refractivity contribution >= 4 is 11.6 Å². The number of amides is 1. The van der Waals surface area contributed by atoms with Crippen molar-refractivity contribution in [2.45, 2.75) is 6.92 Å². The minimum Gasteiger partial charge on any atom is -0.386 e. The smallest absolute Gasteiger partial charge is 0.386 e. The number of pyridine rings is 1. The minimum atomic E-state index is -0.931. The maximum absolute atomic E-state index is 13.8. The summed E-state index contributed by atoms with van der Waals surface area (Å²) in [6.07, 6.45) is 1.63. The molecule has 0 saturated heterocycles. The third kappa shape index (κ3) is 3.97. The first kappa shape index (κ1) is 20.1. The number of rotatable bonds is 4. The molecule has 2 aromatic heterocycles. The fourth-order valence-corrected chi connectivity index (χ4v) is 3.07. The van der Waals surface area contributed by atoms with Crippen LogP contribution in [0.4, 0.5) is 14.5 Å². The van der Waals surface area contributed by atoms with Crippen LogP contribution in [-0.2, 0) is 7.05 Å². The van der Waals surface area contributed by atoms with Crippen LogP contribution >= 0.6 is 0 Å². The van der Waals surface area contributed by atoms with Crippen molar-refractivity contribution in [3.63, 3.8) is 0 Å². The van der Waals surface area contributed by atoms with Gasteiger partial charge in [0.15, 0.2) is 0 Å². The SMILES string of the molecule is Cc1cc(-c2nn(C)c(=O)o2)ncc1-c1ccc(NC(=O)c2c(F)cccc2F)cc1. The number of aromatic nitrogens is 3. The van der Waals surface area contributed by atoms with Crippen LogP contribution in [-0.4, -0.2) is 20.7 Å². The summed E-state index contributed by atoms with van der Waals surface area (Å²) < 4.78 is 33.7. The maximum Gasteiger partial charge on any atom is 0.437 e. The number of aryl methyl sites for hydroxylation is 2. The number of carbonyl (C=O) groups excluding carboxylic acids is 1. The lowest BCUT2D eigenvalue weighted by Gasteiger charge is -2.10. The van der Waals surface area contributed by atoms with E-state index in [1.807, 2.05) is 6.92 Å². The lowest BCUT2D eigenvalue weighted by Crippen LogP contribution is -2.15. The molecular weight excluding hydrogens is 406 g/mol. The third-order valence-electron chi connectivity index (χ3n) is 4.66. The summed E-state index contributed by atoms with van der Waals surface area (Å²) in [5, 5.41) is 6.47. The van der Waals surface area contributed by atoms with Crippen LogP contribution in [0.3, 0.4) is 0 Å². The fraction of sp³-hybridized carbons (Fsp3) is 0.0909. The monoisotopic (exact) mass is 422 g/mol. The van der Waals surface area contributed by atoms with Gasteiger partial charge in [-0.25, -0.2) is 13.6 Å². The van der Waals surface area contributed by atoms with Crippen molar-refractivity contribution < 1.29 is 18.0 Å². The quantitative estimate of drug-likeness (QED) is 0.538. The Morgan fingerprint density at radius 1 is 1.10 bits per heavy atom. The predicted octanol–water partition coefficient (Wildman–Crippen LogP) is 3.94. The van der Waals surface area contributed by atoms with E-state index in [1.165, 1.54) is 13.1 Å². The van der Waals surface area contributed by atoms with E-state index in [4.69, 9.17) is 4.42 Å². The fourth-order valence-electron chi connectivity index (χ4n) is 3.07. The molecule has 0 atom stereocenters. The van der Waals surface area contributed by atoms with Crippen molar-refractivity contribution in [2.24, 2.45) is 7.05 Å². The molecule has 0 saturated carbocycles. The summed E-state index contributed by atoms with van der Waals surface area (Å²) >= 11 is 0. The Kier molecular flexibility index (Phi) is 5.16. The summed E-state index contributed by atoms with van der Waals surface area (Å²) in [7, 11) is 1.48. The van der Waals surface area contributed by atoms with Gasteiger partial charge in [-0.15, -0.1) is 5.10 Å². The van der Waals surface area contributed by atoms with Crippen molar-refractivity contribution in [1.29, 1.82) is 0 Å². The lowest BCUT2D eigenvalue weighted by molar-refractivity contribution is 0.101. The second-order valence-corrected chi connectivity index (χ2v) is 6.81. The Morgan fingerprint density at radius 2 is 1.77 bits per heavy atom. The van der Waals surface area contributed by atoms with E-state index in [0.717, 1.165) is 33.5 Å². The van der Waals surface area contributed by atoms with Gasteiger partial charge in [0.05, 0.1) is 0 Å². The van der Waals surface area contributed by atoms with Gasteiger partial charge in [0.25, 0.3) is 11.8 Å². The van der Waals surface area contributed by atoms with Crippen molar-refractivity contribution in [1.82, 2.24) is 14.8 Å². The van der Waals surface area contributed by atoms with Crippen LogP contribution in [0.15, 0.2) is 63.9 Å². The number of anilines is 1. The molecule has 7 nitrogen and oxygen atoms in total. The molecule has 156 valence electrons. The zero-order chi connectivity index (χ0) is 22.1. The Balaban J connectivity index is 1.55. The van der Waals surface area contributed by atoms with E-state index in [9.17, 15) is 18.4 Å². The number of hydrogen-bond donors (Lipinski definition) is 1. The molecule has 1 N–H and O–H groups in total.